The van der Waals surface area contributed by atoms with Crippen molar-refractivity contribution in [2.45, 2.75) is 25.8 Å². The average Bonchev–Trinajstić information content (AvgIpc) is 3.29. The van der Waals surface area contributed by atoms with Crippen molar-refractivity contribution in [3.63, 3.8) is 0 Å². The molecule has 2 saturated heterocycles. The van der Waals surface area contributed by atoms with Gasteiger partial charge in [0, 0.05) is 31.6 Å². The summed E-state index contributed by atoms with van der Waals surface area (Å²) in [6.07, 6.45) is 3.54. The third-order valence-electron chi connectivity index (χ3n) is 6.12. The molecule has 0 bridgehead atoms. The van der Waals surface area contributed by atoms with Gasteiger partial charge in [-0.3, -0.25) is 4.90 Å². The summed E-state index contributed by atoms with van der Waals surface area (Å²) in [6, 6.07) is 12.6. The third kappa shape index (κ3) is 3.40. The molecular weight excluding hydrogens is 376 g/mol. The van der Waals surface area contributed by atoms with Gasteiger partial charge in [-0.15, -0.1) is 0 Å². The normalized spacial score (nSPS) is 23.1. The summed E-state index contributed by atoms with van der Waals surface area (Å²) in [5.74, 6) is -1.53. The van der Waals surface area contributed by atoms with Crippen molar-refractivity contribution in [3.8, 4) is 0 Å². The van der Waals surface area contributed by atoms with Gasteiger partial charge in [-0.2, -0.15) is 0 Å². The SMILES string of the molecule is Fc1ccc(CN2CCCC3(CCN(c4nc5ccccc5s4)C3)C2)cc1F. The first-order chi connectivity index (χ1) is 13.6. The van der Waals surface area contributed by atoms with Gasteiger partial charge in [0.1, 0.15) is 0 Å². The zero-order valence-electron chi connectivity index (χ0n) is 15.7. The second kappa shape index (κ2) is 7.08. The highest BCUT2D eigenvalue weighted by Gasteiger charge is 2.42. The summed E-state index contributed by atoms with van der Waals surface area (Å²) >= 11 is 1.77. The number of benzene rings is 2. The van der Waals surface area contributed by atoms with Crippen molar-refractivity contribution in [1.82, 2.24) is 9.88 Å². The van der Waals surface area contributed by atoms with E-state index in [4.69, 9.17) is 4.98 Å². The Kier molecular flexibility index (Phi) is 4.56. The maximum Gasteiger partial charge on any atom is 0.186 e. The predicted molar refractivity (Wildman–Crippen MR) is 110 cm³/mol. The maximum atomic E-state index is 13.5. The van der Waals surface area contributed by atoms with Crippen LogP contribution in [-0.2, 0) is 6.54 Å². The summed E-state index contributed by atoms with van der Waals surface area (Å²) < 4.78 is 28.0. The standard InChI is InChI=1S/C22H23F2N3S/c23-17-7-6-16(12-18(17)24)13-26-10-3-8-22(14-26)9-11-27(15-22)21-25-19-4-1-2-5-20(19)28-21/h1-2,4-7,12H,3,8-11,13-15H2. The Morgan fingerprint density at radius 3 is 2.75 bits per heavy atom. The van der Waals surface area contributed by atoms with Gasteiger partial charge in [-0.1, -0.05) is 29.5 Å². The lowest BCUT2D eigenvalue weighted by Crippen LogP contribution is -2.44. The molecule has 1 aromatic heterocycles. The second-order valence-corrected chi connectivity index (χ2v) is 9.21. The van der Waals surface area contributed by atoms with Crippen LogP contribution in [0.15, 0.2) is 42.5 Å². The molecule has 0 aliphatic carbocycles. The molecule has 0 N–H and O–H groups in total. The number of rotatable bonds is 3. The van der Waals surface area contributed by atoms with Crippen LogP contribution in [0.1, 0.15) is 24.8 Å². The smallest absolute Gasteiger partial charge is 0.186 e. The third-order valence-corrected chi connectivity index (χ3v) is 7.22. The first kappa shape index (κ1) is 18.0. The van der Waals surface area contributed by atoms with Crippen molar-refractivity contribution < 1.29 is 8.78 Å². The van der Waals surface area contributed by atoms with Gasteiger partial charge in [-0.05, 0) is 55.6 Å². The molecule has 0 saturated carbocycles. The van der Waals surface area contributed by atoms with E-state index in [1.54, 1.807) is 17.4 Å². The lowest BCUT2D eigenvalue weighted by atomic mass is 9.79. The first-order valence-corrected chi connectivity index (χ1v) is 10.7. The van der Waals surface area contributed by atoms with Gasteiger partial charge in [0.25, 0.3) is 0 Å². The minimum atomic E-state index is -0.777. The zero-order chi connectivity index (χ0) is 19.1. The molecule has 1 atom stereocenters. The molecule has 3 nitrogen and oxygen atoms in total. The minimum Gasteiger partial charge on any atom is -0.347 e. The van der Waals surface area contributed by atoms with Crippen LogP contribution in [0.25, 0.3) is 10.2 Å². The number of halogens is 2. The molecule has 2 fully saturated rings. The molecule has 2 aromatic carbocycles. The van der Waals surface area contributed by atoms with E-state index >= 15 is 0 Å². The Morgan fingerprint density at radius 1 is 1.00 bits per heavy atom. The molecule has 2 aliphatic rings. The topological polar surface area (TPSA) is 19.4 Å². The number of piperidine rings is 1. The Labute approximate surface area is 167 Å². The zero-order valence-corrected chi connectivity index (χ0v) is 16.5. The number of nitrogens with zero attached hydrogens (tertiary/aromatic N) is 3. The lowest BCUT2D eigenvalue weighted by molar-refractivity contribution is 0.0991. The summed E-state index contributed by atoms with van der Waals surface area (Å²) in [5.41, 5.74) is 2.19. The highest BCUT2D eigenvalue weighted by Crippen LogP contribution is 2.42. The number of aromatic nitrogens is 1. The fourth-order valence-electron chi connectivity index (χ4n) is 4.77. The van der Waals surface area contributed by atoms with Crippen LogP contribution in [-0.4, -0.2) is 36.1 Å². The molecule has 0 radical (unpaired) electrons. The average molecular weight is 400 g/mol. The van der Waals surface area contributed by atoms with Gasteiger partial charge >= 0.3 is 0 Å². The van der Waals surface area contributed by atoms with Crippen molar-refractivity contribution in [1.29, 1.82) is 0 Å². The molecular formula is C22H23F2N3S. The van der Waals surface area contributed by atoms with E-state index in [1.165, 1.54) is 23.3 Å². The van der Waals surface area contributed by atoms with E-state index in [0.29, 0.717) is 6.54 Å². The van der Waals surface area contributed by atoms with Crippen LogP contribution >= 0.6 is 11.3 Å². The molecule has 1 spiro atoms. The Bertz CT molecular complexity index is 971. The van der Waals surface area contributed by atoms with Gasteiger partial charge in [-0.25, -0.2) is 13.8 Å². The number of fused-ring (bicyclic) bond motifs is 1. The van der Waals surface area contributed by atoms with Crippen molar-refractivity contribution in [2.24, 2.45) is 5.41 Å². The predicted octanol–water partition coefficient (Wildman–Crippen LogP) is 5.07. The van der Waals surface area contributed by atoms with Gasteiger partial charge < -0.3 is 4.90 Å². The van der Waals surface area contributed by atoms with Crippen molar-refractivity contribution in [3.05, 3.63) is 59.7 Å². The summed E-state index contributed by atoms with van der Waals surface area (Å²) in [5, 5.41) is 1.12. The maximum absolute atomic E-state index is 13.5. The molecule has 2 aliphatic heterocycles. The molecule has 1 unspecified atom stereocenters. The highest BCUT2D eigenvalue weighted by molar-refractivity contribution is 7.22. The lowest BCUT2D eigenvalue weighted by Gasteiger charge is -2.40. The van der Waals surface area contributed by atoms with E-state index in [1.807, 2.05) is 6.07 Å². The Balaban J connectivity index is 1.29. The molecule has 6 heteroatoms. The van der Waals surface area contributed by atoms with E-state index < -0.39 is 11.6 Å². The van der Waals surface area contributed by atoms with Crippen LogP contribution < -0.4 is 4.90 Å². The van der Waals surface area contributed by atoms with E-state index in [0.717, 1.165) is 55.2 Å². The van der Waals surface area contributed by atoms with Crippen molar-refractivity contribution >= 4 is 26.7 Å². The van der Waals surface area contributed by atoms with Gasteiger partial charge in [0.05, 0.1) is 10.2 Å². The molecule has 3 heterocycles. The number of likely N-dealkylation sites (tertiary alicyclic amines) is 1. The monoisotopic (exact) mass is 399 g/mol. The molecule has 3 aromatic rings. The number of thiazole rings is 1. The van der Waals surface area contributed by atoms with E-state index in [9.17, 15) is 8.78 Å². The molecule has 146 valence electrons. The van der Waals surface area contributed by atoms with E-state index in [2.05, 4.69) is 28.0 Å². The van der Waals surface area contributed by atoms with Crippen LogP contribution in [0, 0.1) is 17.0 Å². The van der Waals surface area contributed by atoms with Crippen LogP contribution in [0.5, 0.6) is 0 Å². The molecule has 5 rings (SSSR count). The van der Waals surface area contributed by atoms with E-state index in [-0.39, 0.29) is 5.41 Å². The largest absolute Gasteiger partial charge is 0.347 e. The Morgan fingerprint density at radius 2 is 1.89 bits per heavy atom. The quantitative estimate of drug-likeness (QED) is 0.613. The minimum absolute atomic E-state index is 0.272. The molecule has 28 heavy (non-hydrogen) atoms. The summed E-state index contributed by atoms with van der Waals surface area (Å²) in [4.78, 5) is 9.67. The van der Waals surface area contributed by atoms with Gasteiger partial charge in [0.15, 0.2) is 16.8 Å². The number of hydrogen-bond donors (Lipinski definition) is 0. The van der Waals surface area contributed by atoms with Gasteiger partial charge in [0.2, 0.25) is 0 Å². The summed E-state index contributed by atoms with van der Waals surface area (Å²) in [6.45, 7) is 4.77. The fraction of sp³-hybridized carbons (Fsp3) is 0.409. The number of para-hydroxylation sites is 1. The Hall–Kier alpha value is -2.05. The molecule has 0 amide bonds. The highest BCUT2D eigenvalue weighted by atomic mass is 32.1. The number of anilines is 1. The fourth-order valence-corrected chi connectivity index (χ4v) is 5.76. The summed E-state index contributed by atoms with van der Waals surface area (Å²) in [7, 11) is 0. The van der Waals surface area contributed by atoms with Crippen LogP contribution in [0.3, 0.4) is 0 Å². The first-order valence-electron chi connectivity index (χ1n) is 9.87. The second-order valence-electron chi connectivity index (χ2n) is 8.20. The van der Waals surface area contributed by atoms with Crippen molar-refractivity contribution in [2.75, 3.05) is 31.1 Å². The number of hydrogen-bond acceptors (Lipinski definition) is 4. The van der Waals surface area contributed by atoms with Crippen LogP contribution in [0.4, 0.5) is 13.9 Å². The van der Waals surface area contributed by atoms with Crippen LogP contribution in [0.2, 0.25) is 0 Å².